The van der Waals surface area contributed by atoms with Gasteiger partial charge in [-0.3, -0.25) is 0 Å². The second-order valence-electron chi connectivity index (χ2n) is 18.9. The van der Waals surface area contributed by atoms with Gasteiger partial charge in [-0.15, -0.1) is 6.42 Å². The summed E-state index contributed by atoms with van der Waals surface area (Å²) >= 11 is 0. The Kier molecular flexibility index (Phi) is 28.0. The van der Waals surface area contributed by atoms with Crippen LogP contribution in [0.2, 0.25) is 0 Å². The lowest BCUT2D eigenvalue weighted by Gasteiger charge is -2.20. The monoisotopic (exact) mass is 877 g/mol. The average molecular weight is 877 g/mol. The van der Waals surface area contributed by atoms with E-state index in [9.17, 15) is 0 Å². The maximum atomic E-state index is 6.72. The first-order valence-corrected chi connectivity index (χ1v) is 27.1. The number of unbranched alkanes of at least 4 members (excludes halogenated alkanes) is 28. The van der Waals surface area contributed by atoms with Crippen LogP contribution in [0.5, 0.6) is 23.0 Å². The fraction of sp³-hybridized carbons (Fsp3) is 0.667. The second kappa shape index (κ2) is 33.8. The third kappa shape index (κ3) is 19.1. The van der Waals surface area contributed by atoms with Gasteiger partial charge in [0.05, 0.1) is 26.4 Å². The summed E-state index contributed by atoms with van der Waals surface area (Å²) in [7, 11) is 0. The minimum atomic E-state index is 0.679. The Labute approximate surface area is 392 Å². The fourth-order valence-corrected chi connectivity index (χ4v) is 9.31. The van der Waals surface area contributed by atoms with Crippen LogP contribution in [-0.4, -0.2) is 26.4 Å². The molecule has 0 fully saturated rings. The van der Waals surface area contributed by atoms with Crippen molar-refractivity contribution in [2.45, 2.75) is 233 Å². The van der Waals surface area contributed by atoms with E-state index in [4.69, 9.17) is 25.4 Å². The molecule has 0 unspecified atom stereocenters. The first kappa shape index (κ1) is 53.0. The Morgan fingerprint density at radius 2 is 0.594 bits per heavy atom. The summed E-state index contributed by atoms with van der Waals surface area (Å²) in [5, 5.41) is 6.69. The van der Waals surface area contributed by atoms with E-state index in [0.29, 0.717) is 26.4 Å². The molecular weight excluding hydrogens is 785 g/mol. The van der Waals surface area contributed by atoms with Crippen LogP contribution < -0.4 is 18.9 Å². The standard InChI is InChI=1S/C60H92O4/c1-6-11-15-19-23-27-31-35-42-61-56-46-52-51-41-39-40-50(10-5)60(51)55-49-59(64-45-38-34-30-26-22-18-14-9-4)58(63-44-37-33-29-25-21-17-13-8-3)48-54(55)53(52)47-57(56)62-43-36-32-28-24-20-16-12-7-2/h5,39-41,46-49H,6-9,11-38,42-45H2,1-4H3. The molecule has 0 saturated heterocycles. The van der Waals surface area contributed by atoms with E-state index >= 15 is 0 Å². The summed E-state index contributed by atoms with van der Waals surface area (Å²) in [6.45, 7) is 11.9. The predicted molar refractivity (Wildman–Crippen MR) is 279 cm³/mol. The van der Waals surface area contributed by atoms with Gasteiger partial charge < -0.3 is 18.9 Å². The molecule has 0 aliphatic heterocycles. The highest BCUT2D eigenvalue weighted by Gasteiger charge is 2.19. The summed E-state index contributed by atoms with van der Waals surface area (Å²) in [5.41, 5.74) is 0.891. The van der Waals surface area contributed by atoms with Crippen molar-refractivity contribution in [3.63, 3.8) is 0 Å². The van der Waals surface area contributed by atoms with E-state index in [1.165, 1.54) is 180 Å². The van der Waals surface area contributed by atoms with Crippen LogP contribution in [0.1, 0.15) is 239 Å². The SMILES string of the molecule is C#Cc1cccc2c3cc(OCCCCCCCCCC)c(OCCCCCCCCCC)cc3c3cc(OCCCCCCCCCC)c(OCCCCCCCCCC)cc3c12. The quantitative estimate of drug-likeness (QED) is 0.0253. The lowest BCUT2D eigenvalue weighted by Crippen LogP contribution is -2.04. The molecule has 64 heavy (non-hydrogen) atoms. The Morgan fingerprint density at radius 3 is 0.906 bits per heavy atom. The fourth-order valence-electron chi connectivity index (χ4n) is 9.31. The third-order valence-corrected chi connectivity index (χ3v) is 13.3. The van der Waals surface area contributed by atoms with Crippen LogP contribution in [0, 0.1) is 12.3 Å². The maximum Gasteiger partial charge on any atom is 0.161 e. The van der Waals surface area contributed by atoms with E-state index in [1.807, 2.05) is 0 Å². The zero-order chi connectivity index (χ0) is 45.3. The van der Waals surface area contributed by atoms with Crippen LogP contribution in [0.3, 0.4) is 0 Å². The topological polar surface area (TPSA) is 36.9 Å². The molecule has 4 aromatic rings. The highest BCUT2D eigenvalue weighted by molar-refractivity contribution is 6.27. The Balaban J connectivity index is 1.65. The van der Waals surface area contributed by atoms with Gasteiger partial charge in [-0.25, -0.2) is 0 Å². The van der Waals surface area contributed by atoms with Gasteiger partial charge in [-0.2, -0.15) is 0 Å². The largest absolute Gasteiger partial charge is 0.490 e. The van der Waals surface area contributed by atoms with E-state index in [1.54, 1.807) is 0 Å². The summed E-state index contributed by atoms with van der Waals surface area (Å²) in [6, 6.07) is 15.3. The maximum absolute atomic E-state index is 6.72. The van der Waals surface area contributed by atoms with Crippen LogP contribution in [0.4, 0.5) is 0 Å². The van der Waals surface area contributed by atoms with Crippen molar-refractivity contribution < 1.29 is 18.9 Å². The molecule has 4 aromatic carbocycles. The van der Waals surface area contributed by atoms with E-state index in [0.717, 1.165) is 86.6 Å². The molecule has 0 N–H and O–H groups in total. The number of hydrogen-bond donors (Lipinski definition) is 0. The Bertz CT molecular complexity index is 1870. The van der Waals surface area contributed by atoms with Crippen LogP contribution in [0.15, 0.2) is 42.5 Å². The molecule has 4 rings (SSSR count). The van der Waals surface area contributed by atoms with Crippen molar-refractivity contribution >= 4 is 32.3 Å². The van der Waals surface area contributed by atoms with Crippen molar-refractivity contribution in [2.75, 3.05) is 26.4 Å². The van der Waals surface area contributed by atoms with Gasteiger partial charge in [-0.1, -0.05) is 226 Å². The Hall–Kier alpha value is -3.58. The van der Waals surface area contributed by atoms with Gasteiger partial charge in [0, 0.05) is 10.9 Å². The van der Waals surface area contributed by atoms with Crippen molar-refractivity contribution in [1.82, 2.24) is 0 Å². The van der Waals surface area contributed by atoms with Gasteiger partial charge in [0.15, 0.2) is 23.0 Å². The molecule has 0 aromatic heterocycles. The zero-order valence-electron chi connectivity index (χ0n) is 41.7. The number of fused-ring (bicyclic) bond motifs is 6. The Morgan fingerprint density at radius 1 is 0.328 bits per heavy atom. The number of benzene rings is 4. The minimum Gasteiger partial charge on any atom is -0.490 e. The van der Waals surface area contributed by atoms with E-state index in [2.05, 4.69) is 76.1 Å². The van der Waals surface area contributed by atoms with Crippen molar-refractivity contribution in [2.24, 2.45) is 0 Å². The molecule has 0 radical (unpaired) electrons. The zero-order valence-corrected chi connectivity index (χ0v) is 41.7. The van der Waals surface area contributed by atoms with Crippen LogP contribution >= 0.6 is 0 Å². The number of rotatable bonds is 40. The molecule has 0 aliphatic carbocycles. The van der Waals surface area contributed by atoms with Crippen LogP contribution in [0.25, 0.3) is 32.3 Å². The molecule has 4 heteroatoms. The highest BCUT2D eigenvalue weighted by Crippen LogP contribution is 2.45. The normalized spacial score (nSPS) is 11.5. The van der Waals surface area contributed by atoms with Crippen LogP contribution in [-0.2, 0) is 0 Å². The van der Waals surface area contributed by atoms with Gasteiger partial charge in [0.2, 0.25) is 0 Å². The first-order chi connectivity index (χ1) is 31.7. The molecule has 0 bridgehead atoms. The highest BCUT2D eigenvalue weighted by atomic mass is 16.5. The van der Waals surface area contributed by atoms with E-state index in [-0.39, 0.29) is 0 Å². The lowest BCUT2D eigenvalue weighted by molar-refractivity contribution is 0.258. The molecule has 0 atom stereocenters. The molecule has 0 aliphatic rings. The number of hydrogen-bond acceptors (Lipinski definition) is 4. The van der Waals surface area contributed by atoms with E-state index < -0.39 is 0 Å². The molecule has 356 valence electrons. The second-order valence-corrected chi connectivity index (χ2v) is 18.9. The smallest absolute Gasteiger partial charge is 0.161 e. The molecular formula is C60H92O4. The van der Waals surface area contributed by atoms with Crippen molar-refractivity contribution in [3.8, 4) is 35.3 Å². The van der Waals surface area contributed by atoms with Gasteiger partial charge >= 0.3 is 0 Å². The van der Waals surface area contributed by atoms with Gasteiger partial charge in [-0.05, 0) is 82.9 Å². The summed E-state index contributed by atoms with van der Waals surface area (Å²) in [4.78, 5) is 0. The molecule has 0 saturated carbocycles. The number of terminal acetylenes is 1. The van der Waals surface area contributed by atoms with Gasteiger partial charge in [0.1, 0.15) is 0 Å². The third-order valence-electron chi connectivity index (χ3n) is 13.3. The summed E-state index contributed by atoms with van der Waals surface area (Å²) in [5.74, 6) is 6.35. The molecule has 4 nitrogen and oxygen atoms in total. The van der Waals surface area contributed by atoms with Crippen molar-refractivity contribution in [3.05, 3.63) is 48.0 Å². The lowest BCUT2D eigenvalue weighted by atomic mass is 9.91. The summed E-state index contributed by atoms with van der Waals surface area (Å²) in [6.07, 6.45) is 46.9. The molecule has 0 heterocycles. The first-order valence-electron chi connectivity index (χ1n) is 27.1. The molecule has 0 spiro atoms. The van der Waals surface area contributed by atoms with Gasteiger partial charge in [0.25, 0.3) is 0 Å². The average Bonchev–Trinajstić information content (AvgIpc) is 3.31. The summed E-state index contributed by atoms with van der Waals surface area (Å²) < 4.78 is 26.8. The predicted octanol–water partition coefficient (Wildman–Crippen LogP) is 19.2. The van der Waals surface area contributed by atoms with Crippen molar-refractivity contribution in [1.29, 1.82) is 0 Å². The molecule has 0 amide bonds. The minimum absolute atomic E-state index is 0.679. The number of ether oxygens (including phenoxy) is 4.